The first-order chi connectivity index (χ1) is 10.7. The van der Waals surface area contributed by atoms with Crippen LogP contribution in [0.1, 0.15) is 11.1 Å². The van der Waals surface area contributed by atoms with E-state index < -0.39 is 0 Å². The molecule has 4 nitrogen and oxygen atoms in total. The van der Waals surface area contributed by atoms with Crippen LogP contribution >= 0.6 is 0 Å². The number of rotatable bonds is 4. The Kier molecular flexibility index (Phi) is 7.88. The number of hydrogen-bond donors (Lipinski definition) is 2. The summed E-state index contributed by atoms with van der Waals surface area (Å²) in [6.07, 6.45) is 7.26. The summed E-state index contributed by atoms with van der Waals surface area (Å²) < 4.78 is 3.88. The van der Waals surface area contributed by atoms with Crippen LogP contribution in [0.2, 0.25) is 0 Å². The average Bonchev–Trinajstić information content (AvgIpc) is 2.49. The van der Waals surface area contributed by atoms with Crippen LogP contribution in [0.25, 0.3) is 0 Å². The monoisotopic (exact) mass is 452 g/mol. The Morgan fingerprint density at radius 2 is 1.00 bits per heavy atom. The minimum absolute atomic E-state index is 0. The van der Waals surface area contributed by atoms with E-state index >= 15 is 0 Å². The van der Waals surface area contributed by atoms with Gasteiger partial charge in [-0.25, -0.2) is 0 Å². The molecule has 0 atom stereocenters. The maximum Gasteiger partial charge on any atom is 0.211 e. The molecule has 2 heterocycles. The van der Waals surface area contributed by atoms with Crippen LogP contribution in [0.4, 0.5) is 0 Å². The number of halogens is 2. The van der Waals surface area contributed by atoms with Gasteiger partial charge < -0.3 is 44.2 Å². The van der Waals surface area contributed by atoms with E-state index in [0.29, 0.717) is 13.1 Å². The lowest BCUT2D eigenvalue weighted by Gasteiger charge is -2.01. The highest BCUT2D eigenvalue weighted by atomic mass is 79.9. The van der Waals surface area contributed by atoms with Gasteiger partial charge in [0.05, 0.1) is 0 Å². The third-order valence-electron chi connectivity index (χ3n) is 3.44. The van der Waals surface area contributed by atoms with Crippen molar-refractivity contribution in [2.45, 2.75) is 13.1 Å². The average molecular weight is 454 g/mol. The number of pyridine rings is 2. The van der Waals surface area contributed by atoms with Crippen molar-refractivity contribution in [2.24, 2.45) is 0 Å². The van der Waals surface area contributed by atoms with Crippen molar-refractivity contribution >= 4 is 0 Å². The molecule has 0 spiro atoms. The summed E-state index contributed by atoms with van der Waals surface area (Å²) >= 11 is 0. The topological polar surface area (TPSA) is 48.2 Å². The van der Waals surface area contributed by atoms with Crippen molar-refractivity contribution in [2.75, 3.05) is 0 Å². The van der Waals surface area contributed by atoms with Crippen molar-refractivity contribution in [3.63, 3.8) is 0 Å². The van der Waals surface area contributed by atoms with Crippen LogP contribution in [-0.2, 0) is 13.1 Å². The summed E-state index contributed by atoms with van der Waals surface area (Å²) in [6, 6.07) is 15.3. The number of nitrogens with zero attached hydrogens (tertiary/aromatic N) is 2. The Hall–Kier alpha value is -1.92. The van der Waals surface area contributed by atoms with Gasteiger partial charge in [-0.15, -0.1) is 0 Å². The van der Waals surface area contributed by atoms with E-state index in [1.165, 1.54) is 11.1 Å². The van der Waals surface area contributed by atoms with Crippen molar-refractivity contribution in [1.29, 1.82) is 0 Å². The molecule has 1 aromatic carbocycles. The fourth-order valence-corrected chi connectivity index (χ4v) is 2.38. The number of aromatic hydroxyl groups is 2. The second-order valence-corrected chi connectivity index (χ2v) is 5.29. The van der Waals surface area contributed by atoms with Crippen LogP contribution in [0.3, 0.4) is 0 Å². The van der Waals surface area contributed by atoms with Gasteiger partial charge in [0.15, 0.2) is 37.0 Å². The maximum absolute atomic E-state index is 9.48. The molecular formula is C18H18Br2N2O2. The number of hydrogen-bond acceptors (Lipinski definition) is 2. The zero-order chi connectivity index (χ0) is 15.4. The molecule has 0 radical (unpaired) electrons. The Labute approximate surface area is 162 Å². The lowest BCUT2D eigenvalue weighted by molar-refractivity contribution is -0.689. The third kappa shape index (κ3) is 5.62. The fourth-order valence-electron chi connectivity index (χ4n) is 2.38. The van der Waals surface area contributed by atoms with E-state index in [0.717, 1.165) is 0 Å². The molecule has 2 N–H and O–H groups in total. The highest BCUT2D eigenvalue weighted by molar-refractivity contribution is 5.21. The molecule has 0 amide bonds. The molecule has 0 aliphatic rings. The van der Waals surface area contributed by atoms with Crippen molar-refractivity contribution in [3.05, 3.63) is 84.4 Å². The minimum Gasteiger partial charge on any atom is -1.00 e. The van der Waals surface area contributed by atoms with E-state index in [1.807, 2.05) is 33.7 Å². The summed E-state index contributed by atoms with van der Waals surface area (Å²) in [5.74, 6) is 0.527. The van der Waals surface area contributed by atoms with Gasteiger partial charge in [-0.3, -0.25) is 0 Å². The lowest BCUT2D eigenvalue weighted by Crippen LogP contribution is -3.00. The molecule has 24 heavy (non-hydrogen) atoms. The third-order valence-corrected chi connectivity index (χ3v) is 3.44. The molecule has 0 aliphatic heterocycles. The summed E-state index contributed by atoms with van der Waals surface area (Å²) in [4.78, 5) is 0. The molecule has 2 aromatic heterocycles. The zero-order valence-electron chi connectivity index (χ0n) is 12.9. The number of benzene rings is 1. The molecule has 0 aliphatic carbocycles. The van der Waals surface area contributed by atoms with Crippen LogP contribution in [-0.4, -0.2) is 10.2 Å². The van der Waals surface area contributed by atoms with E-state index in [1.54, 1.807) is 24.5 Å². The van der Waals surface area contributed by atoms with Gasteiger partial charge in [0.25, 0.3) is 0 Å². The SMILES string of the molecule is Oc1ccc[n+](Cc2ccc(C[n+]3cccc(O)c3)cc2)c1.[Br-].[Br-]. The predicted octanol–water partition coefficient (Wildman–Crippen LogP) is -4.22. The van der Waals surface area contributed by atoms with Gasteiger partial charge in [-0.05, 0) is 12.1 Å². The van der Waals surface area contributed by atoms with Crippen LogP contribution < -0.4 is 43.1 Å². The Morgan fingerprint density at radius 3 is 1.33 bits per heavy atom. The maximum atomic E-state index is 9.48. The molecule has 0 saturated carbocycles. The second-order valence-electron chi connectivity index (χ2n) is 5.29. The predicted molar refractivity (Wildman–Crippen MR) is 81.2 cm³/mol. The molecule has 0 fully saturated rings. The largest absolute Gasteiger partial charge is 1.00 e. The fraction of sp³-hybridized carbons (Fsp3) is 0.111. The van der Waals surface area contributed by atoms with Crippen LogP contribution in [0.5, 0.6) is 11.5 Å². The first kappa shape index (κ1) is 20.1. The molecule has 0 bridgehead atoms. The summed E-state index contributed by atoms with van der Waals surface area (Å²) in [5, 5.41) is 19.0. The smallest absolute Gasteiger partial charge is 0.211 e. The highest BCUT2D eigenvalue weighted by Gasteiger charge is 2.06. The first-order valence-electron chi connectivity index (χ1n) is 7.13. The Balaban J connectivity index is 0.00000144. The van der Waals surface area contributed by atoms with Crippen molar-refractivity contribution in [1.82, 2.24) is 0 Å². The Bertz CT molecular complexity index is 713. The van der Waals surface area contributed by atoms with E-state index in [2.05, 4.69) is 24.3 Å². The normalized spacial score (nSPS) is 9.67. The van der Waals surface area contributed by atoms with Crippen molar-refractivity contribution in [3.8, 4) is 11.5 Å². The van der Waals surface area contributed by atoms with Crippen molar-refractivity contribution < 1.29 is 53.3 Å². The van der Waals surface area contributed by atoms with E-state index in [9.17, 15) is 10.2 Å². The minimum atomic E-state index is 0. The summed E-state index contributed by atoms with van der Waals surface area (Å²) in [5.41, 5.74) is 2.33. The summed E-state index contributed by atoms with van der Waals surface area (Å²) in [7, 11) is 0. The van der Waals surface area contributed by atoms with E-state index in [4.69, 9.17) is 0 Å². The molecule has 6 heteroatoms. The molecule has 3 aromatic rings. The second kappa shape index (κ2) is 9.39. The molecule has 0 saturated heterocycles. The zero-order valence-corrected chi connectivity index (χ0v) is 16.1. The quantitative estimate of drug-likeness (QED) is 0.393. The molecular weight excluding hydrogens is 436 g/mol. The van der Waals surface area contributed by atoms with Gasteiger partial charge in [-0.1, -0.05) is 24.3 Å². The van der Waals surface area contributed by atoms with Crippen LogP contribution in [0, 0.1) is 0 Å². The van der Waals surface area contributed by atoms with Crippen LogP contribution in [0.15, 0.2) is 73.3 Å². The lowest BCUT2D eigenvalue weighted by atomic mass is 10.1. The van der Waals surface area contributed by atoms with Gasteiger partial charge in [0, 0.05) is 23.3 Å². The highest BCUT2D eigenvalue weighted by Crippen LogP contribution is 2.07. The molecule has 126 valence electrons. The molecule has 3 rings (SSSR count). The van der Waals surface area contributed by atoms with Gasteiger partial charge >= 0.3 is 0 Å². The Morgan fingerprint density at radius 1 is 0.625 bits per heavy atom. The number of aromatic nitrogens is 2. The standard InChI is InChI=1S/C18H16N2O2.2BrH/c21-17-3-1-9-19(13-17)11-15-5-7-16(8-6-15)12-20-10-2-4-18(22)14-20;;/h1-10,13-14H,11-12H2;2*1H. The van der Waals surface area contributed by atoms with Gasteiger partial charge in [0.2, 0.25) is 12.4 Å². The first-order valence-corrected chi connectivity index (χ1v) is 7.13. The van der Waals surface area contributed by atoms with E-state index in [-0.39, 0.29) is 45.5 Å². The molecule has 0 unspecified atom stereocenters. The summed E-state index contributed by atoms with van der Waals surface area (Å²) in [6.45, 7) is 1.43. The van der Waals surface area contributed by atoms with Gasteiger partial charge in [0.1, 0.15) is 0 Å². The van der Waals surface area contributed by atoms with Gasteiger partial charge in [-0.2, -0.15) is 9.13 Å².